The summed E-state index contributed by atoms with van der Waals surface area (Å²) in [4.78, 5) is 0. The van der Waals surface area contributed by atoms with Crippen LogP contribution in [0.3, 0.4) is 0 Å². The number of amidine groups is 1. The lowest BCUT2D eigenvalue weighted by molar-refractivity contribution is 0.117. The summed E-state index contributed by atoms with van der Waals surface area (Å²) in [6.07, 6.45) is 0. The van der Waals surface area contributed by atoms with E-state index in [9.17, 15) is 0 Å². The third-order valence-corrected chi connectivity index (χ3v) is 1.94. The molecule has 0 aromatic carbocycles. The van der Waals surface area contributed by atoms with Crippen molar-refractivity contribution in [2.75, 3.05) is 0 Å². The lowest BCUT2D eigenvalue weighted by Crippen LogP contribution is -2.26. The third kappa shape index (κ3) is 2.44. The van der Waals surface area contributed by atoms with Crippen molar-refractivity contribution in [1.29, 1.82) is 0 Å². The number of aromatic nitrogens is 2. The molecule has 6 heteroatoms. The van der Waals surface area contributed by atoms with Crippen molar-refractivity contribution in [2.45, 2.75) is 33.3 Å². The largest absolute Gasteiger partial charge is 0.472 e. The molecule has 1 aromatic rings. The van der Waals surface area contributed by atoms with E-state index >= 15 is 0 Å². The van der Waals surface area contributed by atoms with Gasteiger partial charge in [0.2, 0.25) is 5.88 Å². The molecule has 0 amide bonds. The quantitative estimate of drug-likeness (QED) is 0.341. The Kier molecular flexibility index (Phi) is 3.11. The van der Waals surface area contributed by atoms with Gasteiger partial charge in [-0.3, -0.25) is 0 Å². The molecule has 1 heterocycles. The Bertz CT molecular complexity index is 415. The highest BCUT2D eigenvalue weighted by molar-refractivity contribution is 6.00. The van der Waals surface area contributed by atoms with E-state index < -0.39 is 0 Å². The number of hydrogen-bond donors (Lipinski definition) is 2. The van der Waals surface area contributed by atoms with Gasteiger partial charge >= 0.3 is 0 Å². The smallest absolute Gasteiger partial charge is 0.223 e. The van der Waals surface area contributed by atoms with Crippen LogP contribution in [-0.4, -0.2) is 26.4 Å². The zero-order chi connectivity index (χ0) is 12.5. The molecule has 0 unspecified atom stereocenters. The maximum absolute atomic E-state index is 8.72. The SMILES string of the molecule is Cc1nn(C)c(OC(C)(C)C)c1C(N)=NO. The van der Waals surface area contributed by atoms with E-state index in [1.807, 2.05) is 20.8 Å². The molecule has 0 bridgehead atoms. The van der Waals surface area contributed by atoms with Crippen LogP contribution in [0.15, 0.2) is 5.16 Å². The first-order valence-electron chi connectivity index (χ1n) is 4.96. The zero-order valence-electron chi connectivity index (χ0n) is 10.3. The molecule has 0 radical (unpaired) electrons. The van der Waals surface area contributed by atoms with Crippen molar-refractivity contribution in [3.63, 3.8) is 0 Å². The number of nitrogens with zero attached hydrogens (tertiary/aromatic N) is 3. The minimum absolute atomic E-state index is 0.00449. The summed E-state index contributed by atoms with van der Waals surface area (Å²) in [6, 6.07) is 0. The number of aryl methyl sites for hydroxylation is 2. The predicted molar refractivity (Wildman–Crippen MR) is 60.8 cm³/mol. The lowest BCUT2D eigenvalue weighted by atomic mass is 10.2. The molecule has 6 nitrogen and oxygen atoms in total. The molecule has 0 atom stereocenters. The van der Waals surface area contributed by atoms with Gasteiger partial charge in [-0.05, 0) is 27.7 Å². The average molecular weight is 226 g/mol. The monoisotopic (exact) mass is 226 g/mol. The van der Waals surface area contributed by atoms with E-state index in [-0.39, 0.29) is 11.4 Å². The van der Waals surface area contributed by atoms with E-state index in [1.54, 1.807) is 18.7 Å². The number of hydrogen-bond acceptors (Lipinski definition) is 4. The minimum atomic E-state index is -0.370. The minimum Gasteiger partial charge on any atom is -0.472 e. The Labute approximate surface area is 94.7 Å². The van der Waals surface area contributed by atoms with E-state index in [0.29, 0.717) is 17.1 Å². The normalized spacial score (nSPS) is 12.9. The van der Waals surface area contributed by atoms with E-state index in [1.165, 1.54) is 0 Å². The van der Waals surface area contributed by atoms with Gasteiger partial charge in [0.15, 0.2) is 5.84 Å². The first kappa shape index (κ1) is 12.4. The summed E-state index contributed by atoms with van der Waals surface area (Å²) < 4.78 is 7.31. The third-order valence-electron chi connectivity index (χ3n) is 1.94. The topological polar surface area (TPSA) is 85.7 Å². The summed E-state index contributed by atoms with van der Waals surface area (Å²) in [7, 11) is 1.75. The molecule has 0 saturated carbocycles. The van der Waals surface area contributed by atoms with Crippen LogP contribution in [0.2, 0.25) is 0 Å². The first-order valence-corrected chi connectivity index (χ1v) is 4.96. The number of rotatable bonds is 2. The standard InChI is InChI=1S/C10H18N4O2/c1-6-7(8(11)13-15)9(14(5)12-6)16-10(2,3)4/h15H,1-5H3,(H2,11,13). The van der Waals surface area contributed by atoms with E-state index in [2.05, 4.69) is 10.3 Å². The van der Waals surface area contributed by atoms with Crippen LogP contribution in [-0.2, 0) is 7.05 Å². The Hall–Kier alpha value is -1.72. The van der Waals surface area contributed by atoms with Crippen molar-refractivity contribution in [1.82, 2.24) is 9.78 Å². The van der Waals surface area contributed by atoms with Crippen molar-refractivity contribution in [3.8, 4) is 5.88 Å². The Morgan fingerprint density at radius 2 is 2.06 bits per heavy atom. The molecule has 1 aromatic heterocycles. The van der Waals surface area contributed by atoms with Gasteiger partial charge in [-0.1, -0.05) is 5.16 Å². The van der Waals surface area contributed by atoms with Crippen molar-refractivity contribution in [2.24, 2.45) is 17.9 Å². The van der Waals surface area contributed by atoms with Crippen LogP contribution in [0.1, 0.15) is 32.0 Å². The lowest BCUT2D eigenvalue weighted by Gasteiger charge is -2.21. The van der Waals surface area contributed by atoms with Gasteiger partial charge in [0, 0.05) is 7.05 Å². The van der Waals surface area contributed by atoms with E-state index in [0.717, 1.165) is 0 Å². The van der Waals surface area contributed by atoms with Crippen molar-refractivity contribution in [3.05, 3.63) is 11.3 Å². The van der Waals surface area contributed by atoms with Gasteiger partial charge in [0.25, 0.3) is 0 Å². The van der Waals surface area contributed by atoms with Gasteiger partial charge in [-0.15, -0.1) is 0 Å². The van der Waals surface area contributed by atoms with Crippen LogP contribution in [0, 0.1) is 6.92 Å². The van der Waals surface area contributed by atoms with E-state index in [4.69, 9.17) is 15.7 Å². The molecule has 0 aliphatic heterocycles. The summed E-state index contributed by atoms with van der Waals surface area (Å²) >= 11 is 0. The second kappa shape index (κ2) is 4.03. The zero-order valence-corrected chi connectivity index (χ0v) is 10.3. The second-order valence-electron chi connectivity index (χ2n) is 4.59. The number of ether oxygens (including phenoxy) is 1. The molecular weight excluding hydrogens is 208 g/mol. The molecule has 0 aliphatic carbocycles. The van der Waals surface area contributed by atoms with Gasteiger partial charge in [0.05, 0.1) is 5.69 Å². The molecular formula is C10H18N4O2. The van der Waals surface area contributed by atoms with Crippen LogP contribution in [0.4, 0.5) is 0 Å². The first-order chi connectivity index (χ1) is 7.26. The fourth-order valence-electron chi connectivity index (χ4n) is 1.39. The summed E-state index contributed by atoms with van der Waals surface area (Å²) in [5.74, 6) is 0.505. The summed E-state index contributed by atoms with van der Waals surface area (Å²) in [6.45, 7) is 7.55. The average Bonchev–Trinajstić information content (AvgIpc) is 2.38. The highest BCUT2D eigenvalue weighted by Gasteiger charge is 2.23. The number of nitrogens with two attached hydrogens (primary N) is 1. The maximum Gasteiger partial charge on any atom is 0.223 e. The van der Waals surface area contributed by atoms with Gasteiger partial charge in [-0.25, -0.2) is 4.68 Å². The van der Waals surface area contributed by atoms with Gasteiger partial charge < -0.3 is 15.7 Å². The van der Waals surface area contributed by atoms with Gasteiger partial charge in [-0.2, -0.15) is 5.10 Å². The molecule has 0 aliphatic rings. The van der Waals surface area contributed by atoms with Crippen molar-refractivity contribution < 1.29 is 9.94 Å². The molecule has 0 saturated heterocycles. The fourth-order valence-corrected chi connectivity index (χ4v) is 1.39. The molecule has 0 fully saturated rings. The highest BCUT2D eigenvalue weighted by atomic mass is 16.5. The molecule has 1 rings (SSSR count). The Morgan fingerprint density at radius 1 is 1.50 bits per heavy atom. The number of oxime groups is 1. The molecule has 90 valence electrons. The molecule has 0 spiro atoms. The molecule has 16 heavy (non-hydrogen) atoms. The van der Waals surface area contributed by atoms with Gasteiger partial charge in [0.1, 0.15) is 11.2 Å². The summed E-state index contributed by atoms with van der Waals surface area (Å²) in [5, 5.41) is 15.9. The fraction of sp³-hybridized carbons (Fsp3) is 0.600. The van der Waals surface area contributed by atoms with Crippen LogP contribution in [0.5, 0.6) is 5.88 Å². The second-order valence-corrected chi connectivity index (χ2v) is 4.59. The predicted octanol–water partition coefficient (Wildman–Crippen LogP) is 1.00. The van der Waals surface area contributed by atoms with Crippen LogP contribution < -0.4 is 10.5 Å². The molecule has 3 N–H and O–H groups in total. The van der Waals surface area contributed by atoms with Crippen molar-refractivity contribution >= 4 is 5.84 Å². The highest BCUT2D eigenvalue weighted by Crippen LogP contribution is 2.24. The van der Waals surface area contributed by atoms with Crippen LogP contribution >= 0.6 is 0 Å². The maximum atomic E-state index is 8.72. The van der Waals surface area contributed by atoms with Crippen LogP contribution in [0.25, 0.3) is 0 Å². The Balaban J connectivity index is 3.27. The Morgan fingerprint density at radius 3 is 2.50 bits per heavy atom. The summed E-state index contributed by atoms with van der Waals surface area (Å²) in [5.41, 5.74) is 6.42.